The van der Waals surface area contributed by atoms with Gasteiger partial charge in [0.05, 0.1) is 11.4 Å². The molecule has 4 heteroatoms. The lowest BCUT2D eigenvalue weighted by Gasteiger charge is -1.83. The molecule has 1 rings (SSSR count). The smallest absolute Gasteiger partial charge is 0.186 e. The molecule has 14 heavy (non-hydrogen) atoms. The van der Waals surface area contributed by atoms with Crippen LogP contribution in [0.15, 0.2) is 0 Å². The molecular formula is C10H11NOS2. The van der Waals surface area contributed by atoms with Crippen LogP contribution >= 0.6 is 23.1 Å². The fraction of sp³-hybridized carbons (Fsp3) is 0.400. The van der Waals surface area contributed by atoms with Crippen molar-refractivity contribution in [2.75, 3.05) is 5.75 Å². The summed E-state index contributed by atoms with van der Waals surface area (Å²) in [6.45, 7) is 5.55. The van der Waals surface area contributed by atoms with Gasteiger partial charge in [-0.3, -0.25) is 4.79 Å². The summed E-state index contributed by atoms with van der Waals surface area (Å²) >= 11 is 2.82. The maximum Gasteiger partial charge on any atom is 0.186 e. The van der Waals surface area contributed by atoms with Crippen molar-refractivity contribution in [3.05, 3.63) is 15.6 Å². The summed E-state index contributed by atoms with van der Waals surface area (Å²) in [7, 11) is 0. The fourth-order valence-corrected chi connectivity index (χ4v) is 1.91. The van der Waals surface area contributed by atoms with Crippen molar-refractivity contribution in [3.63, 3.8) is 0 Å². The van der Waals surface area contributed by atoms with Crippen molar-refractivity contribution in [1.29, 1.82) is 0 Å². The molecule has 1 aromatic rings. The van der Waals surface area contributed by atoms with Crippen molar-refractivity contribution in [2.45, 2.75) is 20.8 Å². The Kier molecular flexibility index (Phi) is 4.18. The van der Waals surface area contributed by atoms with Gasteiger partial charge in [-0.1, -0.05) is 17.7 Å². The van der Waals surface area contributed by atoms with Crippen molar-refractivity contribution < 1.29 is 4.79 Å². The molecule has 0 aliphatic heterocycles. The highest BCUT2D eigenvalue weighted by molar-refractivity contribution is 8.13. The first-order chi connectivity index (χ1) is 6.59. The number of hydrogen-bond acceptors (Lipinski definition) is 4. The van der Waals surface area contributed by atoms with E-state index in [1.54, 1.807) is 18.3 Å². The average molecular weight is 225 g/mol. The number of nitrogens with zero attached hydrogens (tertiary/aromatic N) is 1. The molecule has 0 aliphatic carbocycles. The second-order valence-electron chi connectivity index (χ2n) is 2.74. The molecular weight excluding hydrogens is 214 g/mol. The maximum atomic E-state index is 10.6. The standard InChI is InChI=1S/C10H11NOS2/c1-7-8(2)14-10(11-7)5-4-6-13-9(3)12/h6H2,1-3H3. The molecule has 0 atom stereocenters. The predicted molar refractivity (Wildman–Crippen MR) is 61.6 cm³/mol. The van der Waals surface area contributed by atoms with Gasteiger partial charge in [-0.2, -0.15) is 0 Å². The maximum absolute atomic E-state index is 10.6. The van der Waals surface area contributed by atoms with E-state index in [9.17, 15) is 4.79 Å². The van der Waals surface area contributed by atoms with Gasteiger partial charge in [-0.15, -0.1) is 11.3 Å². The van der Waals surface area contributed by atoms with E-state index < -0.39 is 0 Å². The molecule has 0 saturated carbocycles. The Morgan fingerprint density at radius 2 is 2.29 bits per heavy atom. The fourth-order valence-electron chi connectivity index (χ4n) is 0.776. The third kappa shape index (κ3) is 3.52. The third-order valence-corrected chi connectivity index (χ3v) is 3.25. The van der Waals surface area contributed by atoms with E-state index in [0.717, 1.165) is 10.7 Å². The molecule has 0 aromatic carbocycles. The van der Waals surface area contributed by atoms with Crippen molar-refractivity contribution in [1.82, 2.24) is 4.98 Å². The number of carbonyl (C=O) groups excluding carboxylic acids is 1. The molecule has 0 fully saturated rings. The van der Waals surface area contributed by atoms with Crippen LogP contribution in [0.25, 0.3) is 0 Å². The molecule has 2 nitrogen and oxygen atoms in total. The summed E-state index contributed by atoms with van der Waals surface area (Å²) in [5.74, 6) is 6.41. The quantitative estimate of drug-likeness (QED) is 0.687. The lowest BCUT2D eigenvalue weighted by molar-refractivity contribution is -0.109. The molecule has 0 amide bonds. The number of aromatic nitrogens is 1. The van der Waals surface area contributed by atoms with Gasteiger partial charge in [0, 0.05) is 11.8 Å². The van der Waals surface area contributed by atoms with Gasteiger partial charge in [0.2, 0.25) is 0 Å². The number of aryl methyl sites for hydroxylation is 2. The van der Waals surface area contributed by atoms with Gasteiger partial charge in [0.25, 0.3) is 0 Å². The van der Waals surface area contributed by atoms with E-state index >= 15 is 0 Å². The summed E-state index contributed by atoms with van der Waals surface area (Å²) in [5.41, 5.74) is 1.04. The molecule has 0 unspecified atom stereocenters. The number of carbonyl (C=O) groups is 1. The summed E-state index contributed by atoms with van der Waals surface area (Å²) in [5, 5.41) is 0.940. The first-order valence-electron chi connectivity index (χ1n) is 4.16. The Hall–Kier alpha value is -0.790. The predicted octanol–water partition coefficient (Wildman–Crippen LogP) is 2.39. The lowest BCUT2D eigenvalue weighted by atomic mass is 10.4. The van der Waals surface area contributed by atoms with E-state index in [-0.39, 0.29) is 5.12 Å². The van der Waals surface area contributed by atoms with Crippen molar-refractivity contribution in [3.8, 4) is 11.8 Å². The van der Waals surface area contributed by atoms with Crippen LogP contribution in [0, 0.1) is 25.7 Å². The van der Waals surface area contributed by atoms with Gasteiger partial charge in [-0.05, 0) is 19.8 Å². The summed E-state index contributed by atoms with van der Waals surface area (Å²) < 4.78 is 0. The zero-order valence-corrected chi connectivity index (χ0v) is 10.0. The third-order valence-electron chi connectivity index (χ3n) is 1.57. The monoisotopic (exact) mass is 225 g/mol. The molecule has 0 N–H and O–H groups in total. The number of hydrogen-bond donors (Lipinski definition) is 0. The highest BCUT2D eigenvalue weighted by Gasteiger charge is 1.99. The second kappa shape index (κ2) is 5.18. The van der Waals surface area contributed by atoms with Gasteiger partial charge in [0.15, 0.2) is 10.1 Å². The molecule has 1 aromatic heterocycles. The molecule has 74 valence electrons. The minimum absolute atomic E-state index is 0.103. The normalized spacial score (nSPS) is 9.36. The number of thioether (sulfide) groups is 1. The van der Waals surface area contributed by atoms with E-state index in [4.69, 9.17) is 0 Å². The first-order valence-corrected chi connectivity index (χ1v) is 5.96. The van der Waals surface area contributed by atoms with Gasteiger partial charge in [0.1, 0.15) is 0 Å². The molecule has 0 bridgehead atoms. The molecule has 0 spiro atoms. The van der Waals surface area contributed by atoms with Crippen molar-refractivity contribution >= 4 is 28.2 Å². The molecule has 0 radical (unpaired) electrons. The Labute approximate surface area is 92.1 Å². The number of thiazole rings is 1. The average Bonchev–Trinajstić information content (AvgIpc) is 2.40. The summed E-state index contributed by atoms with van der Waals surface area (Å²) in [4.78, 5) is 16.1. The first kappa shape index (κ1) is 11.3. The topological polar surface area (TPSA) is 30.0 Å². The summed E-state index contributed by atoms with van der Waals surface area (Å²) in [6.07, 6.45) is 0. The largest absolute Gasteiger partial charge is 0.288 e. The Bertz CT molecular complexity index is 378. The van der Waals surface area contributed by atoms with Gasteiger partial charge in [-0.25, -0.2) is 4.98 Å². The van der Waals surface area contributed by atoms with Crippen LogP contribution < -0.4 is 0 Å². The van der Waals surface area contributed by atoms with E-state index in [1.807, 2.05) is 13.8 Å². The zero-order valence-electron chi connectivity index (χ0n) is 8.38. The Morgan fingerprint density at radius 1 is 1.57 bits per heavy atom. The van der Waals surface area contributed by atoms with Crippen LogP contribution in [0.3, 0.4) is 0 Å². The van der Waals surface area contributed by atoms with Crippen LogP contribution in [-0.2, 0) is 4.79 Å². The van der Waals surface area contributed by atoms with E-state index in [0.29, 0.717) is 5.75 Å². The van der Waals surface area contributed by atoms with E-state index in [1.165, 1.54) is 16.6 Å². The van der Waals surface area contributed by atoms with Gasteiger partial charge < -0.3 is 0 Å². The van der Waals surface area contributed by atoms with Crippen LogP contribution in [0.5, 0.6) is 0 Å². The molecule has 0 saturated heterocycles. The minimum atomic E-state index is 0.103. The molecule has 0 aliphatic rings. The van der Waals surface area contributed by atoms with E-state index in [2.05, 4.69) is 16.8 Å². The molecule has 1 heterocycles. The number of rotatable bonds is 1. The Balaban J connectivity index is 2.55. The van der Waals surface area contributed by atoms with Crippen LogP contribution in [0.2, 0.25) is 0 Å². The van der Waals surface area contributed by atoms with Crippen LogP contribution in [-0.4, -0.2) is 15.9 Å². The lowest BCUT2D eigenvalue weighted by Crippen LogP contribution is -1.82. The van der Waals surface area contributed by atoms with Crippen LogP contribution in [0.1, 0.15) is 22.5 Å². The zero-order chi connectivity index (χ0) is 10.6. The summed E-state index contributed by atoms with van der Waals surface area (Å²) in [6, 6.07) is 0. The highest BCUT2D eigenvalue weighted by atomic mass is 32.2. The Morgan fingerprint density at radius 3 is 2.79 bits per heavy atom. The van der Waals surface area contributed by atoms with Crippen molar-refractivity contribution in [2.24, 2.45) is 0 Å². The van der Waals surface area contributed by atoms with Crippen LogP contribution in [0.4, 0.5) is 0 Å². The van der Waals surface area contributed by atoms with Gasteiger partial charge >= 0.3 is 0 Å². The second-order valence-corrected chi connectivity index (χ2v) is 5.10. The highest BCUT2D eigenvalue weighted by Crippen LogP contribution is 2.15. The minimum Gasteiger partial charge on any atom is -0.288 e. The SMILES string of the molecule is CC(=O)SCC#Cc1nc(C)c(C)s1.